The van der Waals surface area contributed by atoms with Crippen LogP contribution < -0.4 is 3.07 Å². The Morgan fingerprint density at radius 2 is 1.33 bits per heavy atom. The van der Waals surface area contributed by atoms with Crippen molar-refractivity contribution >= 4 is 33.8 Å². The minimum Gasteiger partial charge on any atom is -0.428 e. The second-order valence-corrected chi connectivity index (χ2v) is 4.60. The molecule has 3 rings (SSSR count). The Morgan fingerprint density at radius 1 is 0.667 bits per heavy atom. The summed E-state index contributed by atoms with van der Waals surface area (Å²) >= 11 is 1.89. The Hall–Kier alpha value is -1.55. The maximum Gasteiger partial charge on any atom is 0.192 e. The van der Waals surface area contributed by atoms with Gasteiger partial charge in [-0.15, -0.1) is 0 Å². The lowest BCUT2D eigenvalue weighted by atomic mass is 10.0. The summed E-state index contributed by atoms with van der Waals surface area (Å²) in [5.74, 6) is 0.875. The van der Waals surface area contributed by atoms with E-state index >= 15 is 0 Å². The summed E-state index contributed by atoms with van der Waals surface area (Å²) in [6.07, 6.45) is 0. The van der Waals surface area contributed by atoms with Crippen LogP contribution in [0.15, 0.2) is 66.7 Å². The number of fused-ring (bicyclic) bond motifs is 1. The SMILES string of the molecule is IOc1ccc(-c2ccc3ccccc3c2)cc1. The van der Waals surface area contributed by atoms with Crippen molar-refractivity contribution in [2.45, 2.75) is 0 Å². The van der Waals surface area contributed by atoms with Gasteiger partial charge in [0.15, 0.2) is 23.0 Å². The van der Waals surface area contributed by atoms with Crippen LogP contribution in [0.3, 0.4) is 0 Å². The van der Waals surface area contributed by atoms with Crippen LogP contribution in [0.25, 0.3) is 21.9 Å². The van der Waals surface area contributed by atoms with E-state index in [4.69, 9.17) is 3.07 Å². The summed E-state index contributed by atoms with van der Waals surface area (Å²) in [7, 11) is 0. The molecule has 18 heavy (non-hydrogen) atoms. The first-order valence-corrected chi connectivity index (χ1v) is 6.63. The highest BCUT2D eigenvalue weighted by Crippen LogP contribution is 2.26. The fourth-order valence-corrected chi connectivity index (χ4v) is 2.36. The van der Waals surface area contributed by atoms with Gasteiger partial charge in [0.1, 0.15) is 5.75 Å². The molecule has 0 aliphatic carbocycles. The molecule has 0 saturated carbocycles. The van der Waals surface area contributed by atoms with Crippen LogP contribution in [0.2, 0.25) is 0 Å². The number of benzene rings is 3. The molecule has 88 valence electrons. The normalized spacial score (nSPS) is 10.5. The van der Waals surface area contributed by atoms with E-state index in [0.29, 0.717) is 0 Å². The molecule has 0 spiro atoms. The van der Waals surface area contributed by atoms with Crippen molar-refractivity contribution in [1.82, 2.24) is 0 Å². The summed E-state index contributed by atoms with van der Waals surface area (Å²) in [5, 5.41) is 2.54. The van der Waals surface area contributed by atoms with E-state index in [-0.39, 0.29) is 0 Å². The van der Waals surface area contributed by atoms with Gasteiger partial charge in [0.25, 0.3) is 0 Å². The van der Waals surface area contributed by atoms with E-state index in [1.807, 2.05) is 35.1 Å². The highest BCUT2D eigenvalue weighted by molar-refractivity contribution is 14.1. The van der Waals surface area contributed by atoms with Crippen LogP contribution in [-0.2, 0) is 0 Å². The van der Waals surface area contributed by atoms with E-state index in [0.717, 1.165) is 5.75 Å². The average Bonchev–Trinajstić information content (AvgIpc) is 2.47. The molecule has 0 atom stereocenters. The lowest BCUT2D eigenvalue weighted by Gasteiger charge is -2.05. The van der Waals surface area contributed by atoms with Gasteiger partial charge < -0.3 is 3.07 Å². The van der Waals surface area contributed by atoms with Crippen LogP contribution >= 0.6 is 23.0 Å². The summed E-state index contributed by atoms with van der Waals surface area (Å²) < 4.78 is 5.15. The topological polar surface area (TPSA) is 9.23 Å². The monoisotopic (exact) mass is 346 g/mol. The number of hydrogen-bond donors (Lipinski definition) is 0. The molecule has 0 aliphatic heterocycles. The highest BCUT2D eigenvalue weighted by Gasteiger charge is 2.00. The van der Waals surface area contributed by atoms with E-state index < -0.39 is 0 Å². The zero-order valence-corrected chi connectivity index (χ0v) is 11.8. The van der Waals surface area contributed by atoms with Gasteiger partial charge in [0.2, 0.25) is 0 Å². The zero-order chi connectivity index (χ0) is 12.4. The molecule has 0 radical (unpaired) electrons. The standard InChI is InChI=1S/C16H11IO/c17-18-16-9-7-13(8-10-16)15-6-5-12-3-1-2-4-14(12)11-15/h1-11H. The Balaban J connectivity index is 2.07. The average molecular weight is 346 g/mol. The first kappa shape index (κ1) is 11.5. The second kappa shape index (κ2) is 4.98. The van der Waals surface area contributed by atoms with Gasteiger partial charge in [-0.2, -0.15) is 0 Å². The number of halogens is 1. The van der Waals surface area contributed by atoms with Crippen molar-refractivity contribution in [3.63, 3.8) is 0 Å². The fraction of sp³-hybridized carbons (Fsp3) is 0. The lowest BCUT2D eigenvalue weighted by Crippen LogP contribution is -1.80. The summed E-state index contributed by atoms with van der Waals surface area (Å²) in [6.45, 7) is 0. The van der Waals surface area contributed by atoms with Gasteiger partial charge in [-0.25, -0.2) is 0 Å². The van der Waals surface area contributed by atoms with E-state index in [2.05, 4.69) is 54.6 Å². The maximum absolute atomic E-state index is 5.15. The Kier molecular flexibility index (Phi) is 3.19. The Bertz CT molecular complexity index is 674. The first-order chi connectivity index (χ1) is 8.86. The van der Waals surface area contributed by atoms with Crippen LogP contribution in [0, 0.1) is 0 Å². The molecule has 0 heterocycles. The molecule has 0 amide bonds. The van der Waals surface area contributed by atoms with Crippen LogP contribution in [0.1, 0.15) is 0 Å². The van der Waals surface area contributed by atoms with Crippen molar-refractivity contribution in [1.29, 1.82) is 0 Å². The summed E-state index contributed by atoms with van der Waals surface area (Å²) in [6, 6.07) is 23.1. The predicted octanol–water partition coefficient (Wildman–Crippen LogP) is 5.24. The van der Waals surface area contributed by atoms with Crippen LogP contribution in [0.4, 0.5) is 0 Å². The molecule has 0 fully saturated rings. The smallest absolute Gasteiger partial charge is 0.192 e. The number of hydrogen-bond acceptors (Lipinski definition) is 1. The molecular weight excluding hydrogens is 335 g/mol. The molecule has 2 heteroatoms. The maximum atomic E-state index is 5.15. The third-order valence-electron chi connectivity index (χ3n) is 3.03. The summed E-state index contributed by atoms with van der Waals surface area (Å²) in [4.78, 5) is 0. The quantitative estimate of drug-likeness (QED) is 0.577. The molecule has 3 aromatic rings. The van der Waals surface area contributed by atoms with Crippen molar-refractivity contribution in [3.05, 3.63) is 66.7 Å². The highest BCUT2D eigenvalue weighted by atomic mass is 127. The van der Waals surface area contributed by atoms with Crippen molar-refractivity contribution in [3.8, 4) is 16.9 Å². The van der Waals surface area contributed by atoms with E-state index in [9.17, 15) is 0 Å². The molecule has 0 N–H and O–H groups in total. The summed E-state index contributed by atoms with van der Waals surface area (Å²) in [5.41, 5.74) is 2.44. The van der Waals surface area contributed by atoms with Gasteiger partial charge >= 0.3 is 0 Å². The Morgan fingerprint density at radius 3 is 2.06 bits per heavy atom. The third kappa shape index (κ3) is 2.20. The van der Waals surface area contributed by atoms with Gasteiger partial charge in [-0.3, -0.25) is 0 Å². The van der Waals surface area contributed by atoms with Crippen LogP contribution in [0.5, 0.6) is 5.75 Å². The van der Waals surface area contributed by atoms with Gasteiger partial charge in [-0.1, -0.05) is 48.5 Å². The second-order valence-electron chi connectivity index (χ2n) is 4.16. The van der Waals surface area contributed by atoms with Gasteiger partial charge in [0.05, 0.1) is 0 Å². The van der Waals surface area contributed by atoms with E-state index in [1.165, 1.54) is 21.9 Å². The molecule has 3 aromatic carbocycles. The molecule has 0 saturated heterocycles. The molecular formula is C16H11IO. The number of rotatable bonds is 2. The van der Waals surface area contributed by atoms with Crippen LogP contribution in [-0.4, -0.2) is 0 Å². The predicted molar refractivity (Wildman–Crippen MR) is 84.0 cm³/mol. The largest absolute Gasteiger partial charge is 0.428 e. The first-order valence-electron chi connectivity index (χ1n) is 5.75. The Labute approximate surface area is 120 Å². The third-order valence-corrected chi connectivity index (χ3v) is 3.53. The molecule has 0 aliphatic rings. The molecule has 0 unspecified atom stereocenters. The van der Waals surface area contributed by atoms with Crippen molar-refractivity contribution in [2.24, 2.45) is 0 Å². The fourth-order valence-electron chi connectivity index (χ4n) is 2.07. The molecule has 0 bridgehead atoms. The minimum absolute atomic E-state index is 0.875. The van der Waals surface area contributed by atoms with Gasteiger partial charge in [0, 0.05) is 0 Å². The van der Waals surface area contributed by atoms with Crippen molar-refractivity contribution < 1.29 is 3.07 Å². The van der Waals surface area contributed by atoms with E-state index in [1.54, 1.807) is 0 Å². The lowest BCUT2D eigenvalue weighted by molar-refractivity contribution is 0.717. The molecule has 1 nitrogen and oxygen atoms in total. The zero-order valence-electron chi connectivity index (χ0n) is 9.64. The molecule has 0 aromatic heterocycles. The minimum atomic E-state index is 0.875. The van der Waals surface area contributed by atoms with Gasteiger partial charge in [-0.05, 0) is 40.1 Å². The van der Waals surface area contributed by atoms with Crippen molar-refractivity contribution in [2.75, 3.05) is 0 Å².